The number of carbonyl (C=O) groups is 1. The molecule has 2 nitrogen and oxygen atoms in total. The summed E-state index contributed by atoms with van der Waals surface area (Å²) >= 11 is 11.1. The van der Waals surface area contributed by atoms with Crippen molar-refractivity contribution < 1.29 is 4.79 Å². The summed E-state index contributed by atoms with van der Waals surface area (Å²) in [6.45, 7) is 5.75. The Hall–Kier alpha value is 0.0500. The van der Waals surface area contributed by atoms with Crippen LogP contribution in [-0.2, 0) is 4.79 Å². The van der Waals surface area contributed by atoms with Crippen molar-refractivity contribution in [1.29, 1.82) is 0 Å². The van der Waals surface area contributed by atoms with E-state index in [0.717, 1.165) is 25.9 Å². The second-order valence-electron chi connectivity index (χ2n) is 3.69. The van der Waals surface area contributed by atoms with Crippen LogP contribution in [0, 0.1) is 0 Å². The second kappa shape index (κ2) is 9.29. The summed E-state index contributed by atoms with van der Waals surface area (Å²) in [5, 5.41) is 0. The van der Waals surface area contributed by atoms with Gasteiger partial charge in [0.15, 0.2) is 4.84 Å². The Kier molecular flexibility index (Phi) is 9.32. The summed E-state index contributed by atoms with van der Waals surface area (Å²) in [6.07, 6.45) is 5.58. The molecule has 0 heterocycles. The van der Waals surface area contributed by atoms with Crippen LogP contribution in [0.1, 0.15) is 46.0 Å². The average molecular weight is 254 g/mol. The minimum absolute atomic E-state index is 0.156. The lowest BCUT2D eigenvalue weighted by Gasteiger charge is -2.22. The topological polar surface area (TPSA) is 20.3 Å². The highest BCUT2D eigenvalue weighted by molar-refractivity contribution is 6.53. The maximum absolute atomic E-state index is 11.6. The Balaban J connectivity index is 3.87. The highest BCUT2D eigenvalue weighted by Crippen LogP contribution is 2.09. The number of unbranched alkanes of at least 4 members (excludes halogenated alkanes) is 3. The molecule has 0 aromatic heterocycles. The Bertz CT molecular complexity index is 174. The third-order valence-electron chi connectivity index (χ3n) is 2.27. The van der Waals surface area contributed by atoms with Crippen LogP contribution < -0.4 is 0 Å². The van der Waals surface area contributed by atoms with Crippen LogP contribution in [0.5, 0.6) is 0 Å². The summed E-state index contributed by atoms with van der Waals surface area (Å²) < 4.78 is 0. The van der Waals surface area contributed by atoms with Gasteiger partial charge in [-0.2, -0.15) is 0 Å². The largest absolute Gasteiger partial charge is 0.340 e. The van der Waals surface area contributed by atoms with E-state index in [-0.39, 0.29) is 5.91 Å². The minimum Gasteiger partial charge on any atom is -0.340 e. The van der Waals surface area contributed by atoms with Crippen molar-refractivity contribution in [1.82, 2.24) is 4.90 Å². The number of halogens is 2. The maximum atomic E-state index is 11.6. The summed E-state index contributed by atoms with van der Waals surface area (Å²) in [5.74, 6) is -0.156. The molecule has 0 spiro atoms. The van der Waals surface area contributed by atoms with Gasteiger partial charge in [-0.15, -0.1) is 0 Å². The highest BCUT2D eigenvalue weighted by Gasteiger charge is 2.18. The summed E-state index contributed by atoms with van der Waals surface area (Å²) in [6, 6.07) is 0. The summed E-state index contributed by atoms with van der Waals surface area (Å²) in [5.41, 5.74) is 0. The first-order valence-corrected chi connectivity index (χ1v) is 6.57. The van der Waals surface area contributed by atoms with E-state index in [1.54, 1.807) is 4.90 Å². The fourth-order valence-corrected chi connectivity index (χ4v) is 1.75. The molecule has 0 aliphatic rings. The normalized spacial score (nSPS) is 10.7. The first-order valence-electron chi connectivity index (χ1n) is 5.70. The first-order chi connectivity index (χ1) is 7.13. The molecule has 0 N–H and O–H groups in total. The molecule has 0 aromatic rings. The van der Waals surface area contributed by atoms with Gasteiger partial charge in [-0.3, -0.25) is 4.79 Å². The Morgan fingerprint density at radius 2 is 1.73 bits per heavy atom. The SMILES string of the molecule is CCCCCCN(CCC)C(=O)C(Cl)Cl. The predicted octanol–water partition coefficient (Wildman–Crippen LogP) is 3.61. The molecular weight excluding hydrogens is 233 g/mol. The van der Waals surface area contributed by atoms with Crippen molar-refractivity contribution in [2.45, 2.75) is 50.8 Å². The molecule has 0 fully saturated rings. The van der Waals surface area contributed by atoms with E-state index in [0.29, 0.717) is 0 Å². The van der Waals surface area contributed by atoms with E-state index in [4.69, 9.17) is 23.2 Å². The van der Waals surface area contributed by atoms with E-state index in [9.17, 15) is 4.79 Å². The number of hydrogen-bond donors (Lipinski definition) is 0. The van der Waals surface area contributed by atoms with Gasteiger partial charge in [0, 0.05) is 13.1 Å². The van der Waals surface area contributed by atoms with E-state index in [1.165, 1.54) is 19.3 Å². The lowest BCUT2D eigenvalue weighted by atomic mass is 10.2. The molecule has 1 amide bonds. The number of carbonyl (C=O) groups excluding carboxylic acids is 1. The van der Waals surface area contributed by atoms with Crippen LogP contribution in [0.25, 0.3) is 0 Å². The molecule has 0 aliphatic heterocycles. The molecule has 15 heavy (non-hydrogen) atoms. The van der Waals surface area contributed by atoms with Gasteiger partial charge < -0.3 is 4.90 Å². The van der Waals surface area contributed by atoms with Gasteiger partial charge in [0.1, 0.15) is 0 Å². The molecule has 0 rings (SSSR count). The monoisotopic (exact) mass is 253 g/mol. The van der Waals surface area contributed by atoms with Gasteiger partial charge >= 0.3 is 0 Å². The van der Waals surface area contributed by atoms with Crippen molar-refractivity contribution in [3.05, 3.63) is 0 Å². The molecule has 0 bridgehead atoms. The van der Waals surface area contributed by atoms with Gasteiger partial charge in [-0.05, 0) is 12.8 Å². The van der Waals surface area contributed by atoms with Crippen molar-refractivity contribution in [2.75, 3.05) is 13.1 Å². The molecule has 0 unspecified atom stereocenters. The second-order valence-corrected chi connectivity index (χ2v) is 4.78. The van der Waals surface area contributed by atoms with Crippen LogP contribution in [0.3, 0.4) is 0 Å². The molecule has 0 saturated heterocycles. The summed E-state index contributed by atoms with van der Waals surface area (Å²) in [7, 11) is 0. The molecule has 0 atom stereocenters. The Morgan fingerprint density at radius 1 is 1.07 bits per heavy atom. The first kappa shape index (κ1) is 15.0. The fourth-order valence-electron chi connectivity index (χ4n) is 1.47. The van der Waals surface area contributed by atoms with Crippen molar-refractivity contribution >= 4 is 29.1 Å². The van der Waals surface area contributed by atoms with E-state index in [1.807, 2.05) is 6.92 Å². The Morgan fingerprint density at radius 3 is 2.20 bits per heavy atom. The third-order valence-corrected chi connectivity index (χ3v) is 2.65. The zero-order valence-corrected chi connectivity index (χ0v) is 11.2. The quantitative estimate of drug-likeness (QED) is 0.478. The van der Waals surface area contributed by atoms with Gasteiger partial charge in [0.25, 0.3) is 5.91 Å². The lowest BCUT2D eigenvalue weighted by molar-refractivity contribution is -0.129. The number of alkyl halides is 2. The maximum Gasteiger partial charge on any atom is 0.255 e. The molecule has 0 aromatic carbocycles. The van der Waals surface area contributed by atoms with Crippen molar-refractivity contribution in [3.8, 4) is 0 Å². The number of nitrogens with zero attached hydrogens (tertiary/aromatic N) is 1. The number of hydrogen-bond acceptors (Lipinski definition) is 1. The van der Waals surface area contributed by atoms with Crippen LogP contribution >= 0.6 is 23.2 Å². The standard InChI is InChI=1S/C11H21Cl2NO/c1-3-5-6-7-9-14(8-4-2)11(15)10(12)13/h10H,3-9H2,1-2H3. The van der Waals surface area contributed by atoms with Gasteiger partial charge in [0.05, 0.1) is 0 Å². The molecule has 0 saturated carbocycles. The van der Waals surface area contributed by atoms with Gasteiger partial charge in [0.2, 0.25) is 0 Å². The van der Waals surface area contributed by atoms with Crippen molar-refractivity contribution in [2.24, 2.45) is 0 Å². The van der Waals surface area contributed by atoms with E-state index in [2.05, 4.69) is 6.92 Å². The number of amides is 1. The third kappa shape index (κ3) is 7.02. The lowest BCUT2D eigenvalue weighted by Crippen LogP contribution is -2.36. The van der Waals surface area contributed by atoms with Crippen LogP contribution in [-0.4, -0.2) is 28.7 Å². The van der Waals surface area contributed by atoms with Crippen LogP contribution in [0.4, 0.5) is 0 Å². The highest BCUT2D eigenvalue weighted by atomic mass is 35.5. The van der Waals surface area contributed by atoms with Crippen molar-refractivity contribution in [3.63, 3.8) is 0 Å². The molecule has 90 valence electrons. The van der Waals surface area contributed by atoms with Gasteiger partial charge in [-0.1, -0.05) is 56.3 Å². The molecular formula is C11H21Cl2NO. The molecule has 0 radical (unpaired) electrons. The van der Waals surface area contributed by atoms with Crippen LogP contribution in [0.2, 0.25) is 0 Å². The van der Waals surface area contributed by atoms with E-state index < -0.39 is 4.84 Å². The smallest absolute Gasteiger partial charge is 0.255 e. The van der Waals surface area contributed by atoms with E-state index >= 15 is 0 Å². The molecule has 0 aliphatic carbocycles. The fraction of sp³-hybridized carbons (Fsp3) is 0.909. The summed E-state index contributed by atoms with van der Waals surface area (Å²) in [4.78, 5) is 12.4. The molecule has 4 heteroatoms. The minimum atomic E-state index is -0.914. The number of rotatable bonds is 8. The zero-order chi connectivity index (χ0) is 11.7. The Labute approximate surface area is 103 Å². The average Bonchev–Trinajstić information content (AvgIpc) is 2.21. The predicted molar refractivity (Wildman–Crippen MR) is 66.5 cm³/mol. The zero-order valence-electron chi connectivity index (χ0n) is 9.64. The van der Waals surface area contributed by atoms with Gasteiger partial charge in [-0.25, -0.2) is 0 Å². The van der Waals surface area contributed by atoms with Crippen LogP contribution in [0.15, 0.2) is 0 Å².